The summed E-state index contributed by atoms with van der Waals surface area (Å²) in [6.07, 6.45) is -0.393. The van der Waals surface area contributed by atoms with E-state index in [0.717, 1.165) is 0 Å². The summed E-state index contributed by atoms with van der Waals surface area (Å²) in [5, 5.41) is 15.7. The lowest BCUT2D eigenvalue weighted by Gasteiger charge is -2.22. The molecule has 0 rings (SSSR count). The van der Waals surface area contributed by atoms with Crippen LogP contribution in [0.3, 0.4) is 0 Å². The van der Waals surface area contributed by atoms with E-state index in [1.807, 2.05) is 6.92 Å². The van der Waals surface area contributed by atoms with Crippen molar-refractivity contribution >= 4 is 35.5 Å². The molecule has 13 heteroatoms. The van der Waals surface area contributed by atoms with E-state index in [1.165, 1.54) is 0 Å². The zero-order valence-corrected chi connectivity index (χ0v) is 17.0. The van der Waals surface area contributed by atoms with Gasteiger partial charge in [0.05, 0.1) is 19.0 Å². The largest absolute Gasteiger partial charge is 0.480 e. The minimum absolute atomic E-state index is 0.179. The minimum atomic E-state index is -1.38. The molecule has 0 saturated heterocycles. The summed E-state index contributed by atoms with van der Waals surface area (Å²) in [7, 11) is 0. The summed E-state index contributed by atoms with van der Waals surface area (Å²) >= 11 is 0. The number of nitrogens with two attached hydrogens (primary N) is 3. The number of carboxylic acid groups (broad SMARTS) is 1. The lowest BCUT2D eigenvalue weighted by Crippen LogP contribution is -2.55. The summed E-state index contributed by atoms with van der Waals surface area (Å²) in [4.78, 5) is 69.5. The van der Waals surface area contributed by atoms with Crippen LogP contribution in [0.2, 0.25) is 0 Å². The van der Waals surface area contributed by atoms with Crippen LogP contribution >= 0.6 is 0 Å². The van der Waals surface area contributed by atoms with Crippen molar-refractivity contribution in [3.8, 4) is 0 Å². The maximum absolute atomic E-state index is 12.3. The Morgan fingerprint density at radius 1 is 0.933 bits per heavy atom. The Labute approximate surface area is 173 Å². The third kappa shape index (κ3) is 10.4. The number of carboxylic acids is 1. The normalized spacial score (nSPS) is 14.5. The monoisotopic (exact) mass is 430 g/mol. The molecule has 0 radical (unpaired) electrons. The van der Waals surface area contributed by atoms with Crippen LogP contribution < -0.4 is 33.2 Å². The van der Waals surface area contributed by atoms with Gasteiger partial charge in [-0.15, -0.1) is 0 Å². The van der Waals surface area contributed by atoms with Gasteiger partial charge in [-0.1, -0.05) is 20.3 Å². The molecule has 4 unspecified atom stereocenters. The standard InChI is InChI=1S/C17H30N6O7/c1-3-8(2)14(20)16(28)23-10(6-12(19)25)15(27)21-7-13(26)22-9(17(29)30)4-5-11(18)24/h8-10,14H,3-7,20H2,1-2H3,(H2,18,24)(H2,19,25)(H,21,27)(H,22,26)(H,23,28)(H,29,30). The van der Waals surface area contributed by atoms with E-state index in [0.29, 0.717) is 6.42 Å². The lowest BCUT2D eigenvalue weighted by atomic mass is 9.99. The van der Waals surface area contributed by atoms with Crippen LogP contribution in [-0.4, -0.2) is 65.3 Å². The van der Waals surface area contributed by atoms with Crippen molar-refractivity contribution in [3.63, 3.8) is 0 Å². The highest BCUT2D eigenvalue weighted by molar-refractivity contribution is 5.95. The molecule has 0 saturated carbocycles. The van der Waals surface area contributed by atoms with Gasteiger partial charge >= 0.3 is 5.97 Å². The van der Waals surface area contributed by atoms with Gasteiger partial charge in [0.1, 0.15) is 12.1 Å². The first kappa shape index (κ1) is 26.8. The molecule has 10 N–H and O–H groups in total. The summed E-state index contributed by atoms with van der Waals surface area (Å²) < 4.78 is 0. The Balaban J connectivity index is 4.89. The molecule has 30 heavy (non-hydrogen) atoms. The molecule has 0 aliphatic heterocycles. The number of hydrogen-bond acceptors (Lipinski definition) is 7. The van der Waals surface area contributed by atoms with E-state index in [9.17, 15) is 28.8 Å². The van der Waals surface area contributed by atoms with Crippen molar-refractivity contribution in [1.82, 2.24) is 16.0 Å². The van der Waals surface area contributed by atoms with Crippen molar-refractivity contribution in [2.45, 2.75) is 57.7 Å². The molecule has 0 spiro atoms. The van der Waals surface area contributed by atoms with Gasteiger partial charge in [-0.25, -0.2) is 4.79 Å². The van der Waals surface area contributed by atoms with Gasteiger partial charge in [0.15, 0.2) is 0 Å². The molecule has 5 amide bonds. The number of aliphatic carboxylic acids is 1. The van der Waals surface area contributed by atoms with E-state index < -0.39 is 66.6 Å². The second-order valence-corrected chi connectivity index (χ2v) is 6.82. The predicted octanol–water partition coefficient (Wildman–Crippen LogP) is -3.33. The highest BCUT2D eigenvalue weighted by atomic mass is 16.4. The fourth-order valence-electron chi connectivity index (χ4n) is 2.27. The highest BCUT2D eigenvalue weighted by Gasteiger charge is 2.28. The number of nitrogens with one attached hydrogen (secondary N) is 3. The van der Waals surface area contributed by atoms with Crippen LogP contribution in [-0.2, 0) is 28.8 Å². The van der Waals surface area contributed by atoms with Gasteiger partial charge in [-0.05, 0) is 12.3 Å². The molecule has 4 atom stereocenters. The zero-order chi connectivity index (χ0) is 23.4. The van der Waals surface area contributed by atoms with Crippen LogP contribution in [0.4, 0.5) is 0 Å². The maximum Gasteiger partial charge on any atom is 0.326 e. The fourth-order valence-corrected chi connectivity index (χ4v) is 2.27. The van der Waals surface area contributed by atoms with Gasteiger partial charge in [0, 0.05) is 6.42 Å². The average Bonchev–Trinajstić information content (AvgIpc) is 2.66. The van der Waals surface area contributed by atoms with Crippen LogP contribution in [0.15, 0.2) is 0 Å². The first-order valence-electron chi connectivity index (χ1n) is 9.31. The summed E-state index contributed by atoms with van der Waals surface area (Å²) in [5.74, 6) is -5.56. The Bertz CT molecular complexity index is 669. The van der Waals surface area contributed by atoms with Crippen molar-refractivity contribution in [3.05, 3.63) is 0 Å². The summed E-state index contributed by atoms with van der Waals surface area (Å²) in [6, 6.07) is -3.65. The van der Waals surface area contributed by atoms with E-state index >= 15 is 0 Å². The Morgan fingerprint density at radius 2 is 1.53 bits per heavy atom. The van der Waals surface area contributed by atoms with E-state index in [4.69, 9.17) is 22.3 Å². The first-order valence-corrected chi connectivity index (χ1v) is 9.31. The predicted molar refractivity (Wildman–Crippen MR) is 104 cm³/mol. The van der Waals surface area contributed by atoms with Crippen LogP contribution in [0.1, 0.15) is 39.5 Å². The molecule has 0 fully saturated rings. The lowest BCUT2D eigenvalue weighted by molar-refractivity contribution is -0.142. The number of amides is 5. The Morgan fingerprint density at radius 3 is 2.00 bits per heavy atom. The third-order valence-electron chi connectivity index (χ3n) is 4.33. The van der Waals surface area contributed by atoms with E-state index in [-0.39, 0.29) is 18.8 Å². The molecule has 0 bridgehead atoms. The molecule has 13 nitrogen and oxygen atoms in total. The second kappa shape index (κ2) is 13.1. The van der Waals surface area contributed by atoms with Crippen molar-refractivity contribution < 1.29 is 33.9 Å². The Kier molecular flexibility index (Phi) is 11.7. The number of primary amides is 2. The zero-order valence-electron chi connectivity index (χ0n) is 17.0. The van der Waals surface area contributed by atoms with E-state index in [2.05, 4.69) is 16.0 Å². The topological polar surface area (TPSA) is 237 Å². The smallest absolute Gasteiger partial charge is 0.326 e. The molecule has 0 aromatic heterocycles. The molecule has 0 aromatic rings. The summed E-state index contributed by atoms with van der Waals surface area (Å²) in [5.41, 5.74) is 15.8. The molecule has 0 aliphatic carbocycles. The third-order valence-corrected chi connectivity index (χ3v) is 4.33. The van der Waals surface area contributed by atoms with Crippen molar-refractivity contribution in [1.29, 1.82) is 0 Å². The number of carbonyl (C=O) groups excluding carboxylic acids is 5. The van der Waals surface area contributed by atoms with E-state index in [1.54, 1.807) is 6.92 Å². The van der Waals surface area contributed by atoms with Crippen molar-refractivity contribution in [2.75, 3.05) is 6.54 Å². The number of hydrogen-bond donors (Lipinski definition) is 7. The Hall–Kier alpha value is -3.22. The second-order valence-electron chi connectivity index (χ2n) is 6.82. The SMILES string of the molecule is CCC(C)C(N)C(=O)NC(CC(N)=O)C(=O)NCC(=O)NC(CCC(N)=O)C(=O)O. The van der Waals surface area contributed by atoms with Crippen LogP contribution in [0.5, 0.6) is 0 Å². The molecular weight excluding hydrogens is 400 g/mol. The van der Waals surface area contributed by atoms with Gasteiger partial charge in [0.25, 0.3) is 0 Å². The summed E-state index contributed by atoms with van der Waals surface area (Å²) in [6.45, 7) is 2.94. The quantitative estimate of drug-likeness (QED) is 0.147. The van der Waals surface area contributed by atoms with Crippen LogP contribution in [0, 0.1) is 5.92 Å². The van der Waals surface area contributed by atoms with Gasteiger partial charge in [-0.3, -0.25) is 24.0 Å². The van der Waals surface area contributed by atoms with Gasteiger partial charge in [0.2, 0.25) is 29.5 Å². The molecular formula is C17H30N6O7. The maximum atomic E-state index is 12.3. The van der Waals surface area contributed by atoms with Gasteiger partial charge < -0.3 is 38.3 Å². The molecule has 0 aliphatic rings. The van der Waals surface area contributed by atoms with Gasteiger partial charge in [-0.2, -0.15) is 0 Å². The number of rotatable bonds is 14. The van der Waals surface area contributed by atoms with Crippen LogP contribution in [0.25, 0.3) is 0 Å². The molecule has 0 aromatic carbocycles. The number of carbonyl (C=O) groups is 6. The highest BCUT2D eigenvalue weighted by Crippen LogP contribution is 2.06. The fraction of sp³-hybridized carbons (Fsp3) is 0.647. The van der Waals surface area contributed by atoms with Crippen molar-refractivity contribution in [2.24, 2.45) is 23.1 Å². The molecule has 170 valence electrons. The molecule has 0 heterocycles. The average molecular weight is 430 g/mol. The minimum Gasteiger partial charge on any atom is -0.480 e. The first-order chi connectivity index (χ1) is 13.9.